The van der Waals surface area contributed by atoms with Gasteiger partial charge in [0.2, 0.25) is 5.91 Å². The Bertz CT molecular complexity index is 490. The van der Waals surface area contributed by atoms with E-state index in [0.717, 1.165) is 0 Å². The minimum Gasteiger partial charge on any atom is -0.480 e. The quantitative estimate of drug-likeness (QED) is 0.867. The van der Waals surface area contributed by atoms with Crippen LogP contribution in [0, 0.1) is 0 Å². The molecule has 0 aliphatic carbocycles. The largest absolute Gasteiger partial charge is 0.480 e. The molecule has 0 bridgehead atoms. The van der Waals surface area contributed by atoms with E-state index in [1.165, 1.54) is 0 Å². The van der Waals surface area contributed by atoms with Crippen LogP contribution in [0.15, 0.2) is 18.2 Å². The first kappa shape index (κ1) is 12.2. The van der Waals surface area contributed by atoms with Crippen molar-refractivity contribution >= 4 is 35.1 Å². The van der Waals surface area contributed by atoms with E-state index >= 15 is 0 Å². The third-order valence-electron chi connectivity index (χ3n) is 2.75. The molecule has 2 unspecified atom stereocenters. The average molecular weight is 274 g/mol. The number of benzene rings is 1. The lowest BCUT2D eigenvalue weighted by Gasteiger charge is -2.16. The van der Waals surface area contributed by atoms with E-state index in [1.807, 2.05) is 0 Å². The number of carboxylic acid groups (broad SMARTS) is 1. The number of aliphatic carboxylic acids is 1. The lowest BCUT2D eigenvalue weighted by atomic mass is 9.92. The molecule has 1 saturated heterocycles. The second kappa shape index (κ2) is 4.55. The molecular weight excluding hydrogens is 265 g/mol. The van der Waals surface area contributed by atoms with Gasteiger partial charge in [-0.3, -0.25) is 4.79 Å². The molecular formula is C11H9Cl2NO3. The van der Waals surface area contributed by atoms with E-state index in [9.17, 15) is 9.59 Å². The fourth-order valence-electron chi connectivity index (χ4n) is 1.97. The predicted octanol–water partition coefficient (Wildman–Crippen LogP) is 2.05. The van der Waals surface area contributed by atoms with Crippen LogP contribution in [0.2, 0.25) is 10.0 Å². The summed E-state index contributed by atoms with van der Waals surface area (Å²) < 4.78 is 0. The van der Waals surface area contributed by atoms with Crippen LogP contribution in [0.4, 0.5) is 0 Å². The van der Waals surface area contributed by atoms with E-state index in [1.54, 1.807) is 18.2 Å². The van der Waals surface area contributed by atoms with Gasteiger partial charge in [0.1, 0.15) is 6.04 Å². The molecule has 17 heavy (non-hydrogen) atoms. The first-order valence-electron chi connectivity index (χ1n) is 4.96. The van der Waals surface area contributed by atoms with Crippen molar-refractivity contribution in [2.24, 2.45) is 0 Å². The number of carbonyl (C=O) groups is 2. The van der Waals surface area contributed by atoms with Crippen LogP contribution in [-0.2, 0) is 9.59 Å². The van der Waals surface area contributed by atoms with Gasteiger partial charge in [-0.15, -0.1) is 0 Å². The Kier molecular flexibility index (Phi) is 3.26. The minimum absolute atomic E-state index is 0.108. The summed E-state index contributed by atoms with van der Waals surface area (Å²) in [5, 5.41) is 12.3. The summed E-state index contributed by atoms with van der Waals surface area (Å²) in [5.74, 6) is -1.85. The van der Waals surface area contributed by atoms with Crippen LogP contribution in [-0.4, -0.2) is 23.0 Å². The van der Waals surface area contributed by atoms with E-state index in [0.29, 0.717) is 15.6 Å². The number of nitrogens with one attached hydrogen (secondary N) is 1. The third kappa shape index (κ3) is 2.37. The minimum atomic E-state index is -1.07. The number of hydrogen-bond acceptors (Lipinski definition) is 2. The van der Waals surface area contributed by atoms with Gasteiger partial charge in [0.05, 0.1) is 0 Å². The Balaban J connectivity index is 2.41. The molecule has 1 fully saturated rings. The fraction of sp³-hybridized carbons (Fsp3) is 0.273. The van der Waals surface area contributed by atoms with E-state index in [-0.39, 0.29) is 12.3 Å². The highest BCUT2D eigenvalue weighted by Crippen LogP contribution is 2.34. The lowest BCUT2D eigenvalue weighted by Crippen LogP contribution is -2.36. The summed E-state index contributed by atoms with van der Waals surface area (Å²) in [4.78, 5) is 22.3. The van der Waals surface area contributed by atoms with Crippen molar-refractivity contribution in [1.82, 2.24) is 5.32 Å². The molecule has 1 aliphatic rings. The molecule has 6 heteroatoms. The SMILES string of the molecule is O=C1CC(c2cc(Cl)ccc2Cl)C(C(=O)O)N1. The number of halogens is 2. The van der Waals surface area contributed by atoms with Gasteiger partial charge in [0, 0.05) is 22.4 Å². The molecule has 2 rings (SSSR count). The number of hydrogen-bond donors (Lipinski definition) is 2. The van der Waals surface area contributed by atoms with Gasteiger partial charge < -0.3 is 10.4 Å². The van der Waals surface area contributed by atoms with Gasteiger partial charge in [-0.05, 0) is 23.8 Å². The monoisotopic (exact) mass is 273 g/mol. The predicted molar refractivity (Wildman–Crippen MR) is 63.4 cm³/mol. The lowest BCUT2D eigenvalue weighted by molar-refractivity contribution is -0.140. The van der Waals surface area contributed by atoms with Crippen LogP contribution in [0.3, 0.4) is 0 Å². The van der Waals surface area contributed by atoms with Crippen molar-refractivity contribution < 1.29 is 14.7 Å². The summed E-state index contributed by atoms with van der Waals surface area (Å²) in [6.45, 7) is 0. The Morgan fingerprint density at radius 3 is 2.76 bits per heavy atom. The Morgan fingerprint density at radius 1 is 1.41 bits per heavy atom. The maximum absolute atomic E-state index is 11.3. The molecule has 0 radical (unpaired) electrons. The zero-order valence-corrected chi connectivity index (χ0v) is 10.1. The van der Waals surface area contributed by atoms with Gasteiger partial charge in [-0.25, -0.2) is 4.79 Å². The molecule has 2 atom stereocenters. The molecule has 1 heterocycles. The van der Waals surface area contributed by atoms with Crippen LogP contribution >= 0.6 is 23.2 Å². The summed E-state index contributed by atoms with van der Waals surface area (Å²) in [6, 6.07) is 3.87. The van der Waals surface area contributed by atoms with Crippen LogP contribution in [0.1, 0.15) is 17.9 Å². The molecule has 1 aromatic rings. The van der Waals surface area contributed by atoms with E-state index in [4.69, 9.17) is 28.3 Å². The maximum atomic E-state index is 11.3. The molecule has 90 valence electrons. The number of carboxylic acids is 1. The van der Waals surface area contributed by atoms with Crippen molar-refractivity contribution in [3.63, 3.8) is 0 Å². The average Bonchev–Trinajstić information content (AvgIpc) is 2.64. The molecule has 1 aromatic carbocycles. The number of amides is 1. The molecule has 1 aliphatic heterocycles. The van der Waals surface area contributed by atoms with Crippen molar-refractivity contribution in [2.45, 2.75) is 18.4 Å². The Labute approximate surface area is 108 Å². The number of rotatable bonds is 2. The Hall–Kier alpha value is -1.26. The Morgan fingerprint density at radius 2 is 2.12 bits per heavy atom. The summed E-state index contributed by atoms with van der Waals surface area (Å²) in [5.41, 5.74) is 0.588. The molecule has 2 N–H and O–H groups in total. The first-order valence-corrected chi connectivity index (χ1v) is 5.71. The fourth-order valence-corrected chi connectivity index (χ4v) is 2.41. The highest BCUT2D eigenvalue weighted by Gasteiger charge is 2.39. The normalized spacial score (nSPS) is 23.5. The van der Waals surface area contributed by atoms with Crippen molar-refractivity contribution in [2.75, 3.05) is 0 Å². The van der Waals surface area contributed by atoms with E-state index < -0.39 is 17.9 Å². The van der Waals surface area contributed by atoms with E-state index in [2.05, 4.69) is 5.32 Å². The van der Waals surface area contributed by atoms with Crippen molar-refractivity contribution in [3.8, 4) is 0 Å². The zero-order chi connectivity index (χ0) is 12.6. The maximum Gasteiger partial charge on any atom is 0.326 e. The van der Waals surface area contributed by atoms with Crippen LogP contribution in [0.25, 0.3) is 0 Å². The summed E-state index contributed by atoms with van der Waals surface area (Å²) in [6.07, 6.45) is 0.108. The van der Waals surface area contributed by atoms with Gasteiger partial charge in [-0.2, -0.15) is 0 Å². The topological polar surface area (TPSA) is 66.4 Å². The smallest absolute Gasteiger partial charge is 0.326 e. The second-order valence-corrected chi connectivity index (χ2v) is 4.70. The molecule has 1 amide bonds. The van der Waals surface area contributed by atoms with Crippen molar-refractivity contribution in [1.29, 1.82) is 0 Å². The van der Waals surface area contributed by atoms with Gasteiger partial charge in [0.25, 0.3) is 0 Å². The molecule has 4 nitrogen and oxygen atoms in total. The molecule has 0 spiro atoms. The molecule has 0 aromatic heterocycles. The van der Waals surface area contributed by atoms with Crippen LogP contribution < -0.4 is 5.32 Å². The number of carbonyl (C=O) groups excluding carboxylic acids is 1. The summed E-state index contributed by atoms with van der Waals surface area (Å²) >= 11 is 11.9. The van der Waals surface area contributed by atoms with Crippen LogP contribution in [0.5, 0.6) is 0 Å². The first-order chi connectivity index (χ1) is 7.99. The van der Waals surface area contributed by atoms with Gasteiger partial charge in [0.15, 0.2) is 0 Å². The van der Waals surface area contributed by atoms with Gasteiger partial charge in [-0.1, -0.05) is 23.2 Å². The van der Waals surface area contributed by atoms with Gasteiger partial charge >= 0.3 is 5.97 Å². The van der Waals surface area contributed by atoms with Crippen molar-refractivity contribution in [3.05, 3.63) is 33.8 Å². The highest BCUT2D eigenvalue weighted by molar-refractivity contribution is 6.33. The second-order valence-electron chi connectivity index (χ2n) is 3.86. The molecule has 0 saturated carbocycles. The standard InChI is InChI=1S/C11H9Cl2NO3/c12-5-1-2-8(13)6(3-5)7-4-9(15)14-10(7)11(16)17/h1-3,7,10H,4H2,(H,14,15)(H,16,17). The summed E-state index contributed by atoms with van der Waals surface area (Å²) in [7, 11) is 0. The highest BCUT2D eigenvalue weighted by atomic mass is 35.5. The zero-order valence-electron chi connectivity index (χ0n) is 8.61. The third-order valence-corrected chi connectivity index (χ3v) is 3.33.